The van der Waals surface area contributed by atoms with Gasteiger partial charge in [0.2, 0.25) is 0 Å². The molecule has 0 heterocycles. The number of aromatic hydroxyl groups is 1. The third-order valence-electron chi connectivity index (χ3n) is 2.36. The zero-order valence-electron chi connectivity index (χ0n) is 11.9. The van der Waals surface area contributed by atoms with Crippen LogP contribution < -0.4 is 0 Å². The van der Waals surface area contributed by atoms with Crippen LogP contribution in [0.25, 0.3) is 0 Å². The number of hydrogen-bond donors (Lipinski definition) is 2. The minimum atomic E-state index is -4.02. The maximum atomic E-state index is 10.5. The highest BCUT2D eigenvalue weighted by atomic mass is 32.2. The van der Waals surface area contributed by atoms with E-state index < -0.39 is 15.0 Å². The molecule has 0 bridgehead atoms. The van der Waals surface area contributed by atoms with Crippen molar-refractivity contribution in [2.75, 3.05) is 0 Å². The molecule has 2 rings (SSSR count). The second kappa shape index (κ2) is 9.08. The first-order valence-corrected chi connectivity index (χ1v) is 7.32. The third kappa shape index (κ3) is 7.51. The van der Waals surface area contributed by atoms with Gasteiger partial charge in [-0.25, -0.2) is 0 Å². The average Bonchev–Trinajstić information content (AvgIpc) is 2.49. The standard InChI is InChI=1S/C7H8O3S.C6H5NO3.N2/c1-6-2-4-7(5-3-6)11(8,9)10;8-6-3-1-2-5(4-6)7(9)10;1-2/h2-5H,1H3,(H,8,9,10);1-4,8H;. The molecule has 0 fully saturated rings. The molecule has 0 spiro atoms. The molecule has 23 heavy (non-hydrogen) atoms. The maximum absolute atomic E-state index is 10.5. The van der Waals surface area contributed by atoms with Gasteiger partial charge in [-0.3, -0.25) is 14.7 Å². The summed E-state index contributed by atoms with van der Waals surface area (Å²) >= 11 is 0. The lowest BCUT2D eigenvalue weighted by Gasteiger charge is -1.95. The molecule has 0 amide bonds. The molecule has 0 saturated heterocycles. The van der Waals surface area contributed by atoms with Gasteiger partial charge in [0.05, 0.1) is 15.9 Å². The first-order chi connectivity index (χ1) is 10.7. The van der Waals surface area contributed by atoms with Crippen LogP contribution >= 0.6 is 0 Å². The molecular weight excluding hydrogens is 326 g/mol. The summed E-state index contributed by atoms with van der Waals surface area (Å²) < 4.78 is 29.6. The van der Waals surface area contributed by atoms with E-state index in [-0.39, 0.29) is 16.3 Å². The number of rotatable bonds is 2. The molecule has 2 aromatic carbocycles. The van der Waals surface area contributed by atoms with Crippen molar-refractivity contribution in [2.24, 2.45) is 0 Å². The van der Waals surface area contributed by atoms with Crippen LogP contribution in [0.2, 0.25) is 0 Å². The van der Waals surface area contributed by atoms with Gasteiger partial charge >= 0.3 is 0 Å². The molecule has 0 unspecified atom stereocenters. The minimum Gasteiger partial charge on any atom is -0.508 e. The molecule has 9 nitrogen and oxygen atoms in total. The highest BCUT2D eigenvalue weighted by molar-refractivity contribution is 7.85. The minimum absolute atomic E-state index is 0.0666. The van der Waals surface area contributed by atoms with E-state index in [0.29, 0.717) is 0 Å². The van der Waals surface area contributed by atoms with Gasteiger partial charge in [0.15, 0.2) is 0 Å². The quantitative estimate of drug-likeness (QED) is 0.364. The Morgan fingerprint density at radius 2 is 1.61 bits per heavy atom. The normalized spacial score (nSPS) is 9.57. The zero-order valence-corrected chi connectivity index (χ0v) is 12.7. The van der Waals surface area contributed by atoms with E-state index in [1.807, 2.05) is 6.92 Å². The van der Waals surface area contributed by atoms with Gasteiger partial charge in [-0.05, 0) is 25.1 Å². The molecule has 10 heteroatoms. The fraction of sp³-hybridized carbons (Fsp3) is 0.0769. The molecule has 0 aromatic heterocycles. The number of nitro benzene ring substituents is 1. The van der Waals surface area contributed by atoms with Crippen LogP contribution in [0.15, 0.2) is 53.4 Å². The smallest absolute Gasteiger partial charge is 0.294 e. The van der Waals surface area contributed by atoms with Crippen LogP contribution in [-0.2, 0) is 10.1 Å². The second-order valence-electron chi connectivity index (χ2n) is 4.07. The fourth-order valence-electron chi connectivity index (χ4n) is 1.32. The average molecular weight is 339 g/mol. The Morgan fingerprint density at radius 1 is 1.09 bits per heavy atom. The van der Waals surface area contributed by atoms with Gasteiger partial charge in [0.1, 0.15) is 5.75 Å². The molecular formula is C13H13N3O6S. The van der Waals surface area contributed by atoms with E-state index in [1.165, 1.54) is 30.3 Å². The van der Waals surface area contributed by atoms with E-state index in [0.717, 1.165) is 11.6 Å². The molecule has 0 aliphatic rings. The number of phenols is 1. The molecule has 122 valence electrons. The van der Waals surface area contributed by atoms with Crippen LogP contribution in [0.5, 0.6) is 5.75 Å². The largest absolute Gasteiger partial charge is 0.508 e. The third-order valence-corrected chi connectivity index (χ3v) is 3.23. The van der Waals surface area contributed by atoms with Crippen molar-refractivity contribution in [1.82, 2.24) is 0 Å². The first kappa shape index (κ1) is 20.0. The summed E-state index contributed by atoms with van der Waals surface area (Å²) in [7, 11) is -4.02. The number of hydrogen-bond acceptors (Lipinski definition) is 7. The van der Waals surface area contributed by atoms with E-state index in [4.69, 9.17) is 20.4 Å². The summed E-state index contributed by atoms with van der Waals surface area (Å²) in [5.41, 5.74) is 0.859. The molecule has 0 aliphatic heterocycles. The Balaban J connectivity index is 0.000000381. The number of benzene rings is 2. The Morgan fingerprint density at radius 3 is 1.96 bits per heavy atom. The lowest BCUT2D eigenvalue weighted by atomic mass is 10.2. The van der Waals surface area contributed by atoms with Gasteiger partial charge in [0, 0.05) is 16.9 Å². The van der Waals surface area contributed by atoms with Gasteiger partial charge in [-0.1, -0.05) is 23.8 Å². The highest BCUT2D eigenvalue weighted by Gasteiger charge is 2.06. The van der Waals surface area contributed by atoms with Crippen molar-refractivity contribution in [2.45, 2.75) is 11.8 Å². The fourth-order valence-corrected chi connectivity index (χ4v) is 1.80. The van der Waals surface area contributed by atoms with Crippen LogP contribution in [0.3, 0.4) is 0 Å². The predicted molar refractivity (Wildman–Crippen MR) is 79.2 cm³/mol. The Hall–Kier alpha value is -3.03. The van der Waals surface area contributed by atoms with E-state index in [1.54, 1.807) is 12.1 Å². The summed E-state index contributed by atoms with van der Waals surface area (Å²) in [4.78, 5) is 9.43. The lowest BCUT2D eigenvalue weighted by molar-refractivity contribution is -0.384. The van der Waals surface area contributed by atoms with Crippen LogP contribution in [0.4, 0.5) is 5.69 Å². The van der Waals surface area contributed by atoms with Gasteiger partial charge in [-0.15, -0.1) is 0 Å². The van der Waals surface area contributed by atoms with Crippen molar-refractivity contribution in [1.29, 1.82) is 10.8 Å². The SMILES string of the molecule is Cc1ccc(S(=O)(=O)O)cc1.N#N.O=[N+]([O-])c1cccc(O)c1. The van der Waals surface area contributed by atoms with Crippen molar-refractivity contribution < 1.29 is 23.0 Å². The molecule has 0 saturated carbocycles. The topological polar surface area (TPSA) is 165 Å². The summed E-state index contributed by atoms with van der Waals surface area (Å²) in [5, 5.41) is 30.8. The molecule has 2 aromatic rings. The second-order valence-corrected chi connectivity index (χ2v) is 5.49. The van der Waals surface area contributed by atoms with Crippen LogP contribution in [0, 0.1) is 27.8 Å². The number of aryl methyl sites for hydroxylation is 1. The Bertz CT molecular complexity index is 772. The molecule has 2 N–H and O–H groups in total. The van der Waals surface area contributed by atoms with Crippen molar-refractivity contribution in [3.8, 4) is 5.75 Å². The predicted octanol–water partition coefficient (Wildman–Crippen LogP) is 2.57. The van der Waals surface area contributed by atoms with Crippen LogP contribution in [-0.4, -0.2) is 23.0 Å². The van der Waals surface area contributed by atoms with E-state index in [2.05, 4.69) is 0 Å². The highest BCUT2D eigenvalue weighted by Crippen LogP contribution is 2.16. The van der Waals surface area contributed by atoms with Gasteiger partial charge in [-0.2, -0.15) is 8.42 Å². The van der Waals surface area contributed by atoms with Gasteiger partial charge < -0.3 is 5.11 Å². The maximum Gasteiger partial charge on any atom is 0.294 e. The number of nitrogens with zero attached hydrogens (tertiary/aromatic N) is 3. The van der Waals surface area contributed by atoms with Gasteiger partial charge in [0.25, 0.3) is 15.8 Å². The molecule has 0 atom stereocenters. The Kier molecular flexibility index (Phi) is 7.89. The van der Waals surface area contributed by atoms with Crippen molar-refractivity contribution >= 4 is 15.8 Å². The first-order valence-electron chi connectivity index (χ1n) is 5.88. The number of nitro groups is 1. The van der Waals surface area contributed by atoms with E-state index >= 15 is 0 Å². The summed E-state index contributed by atoms with van der Waals surface area (Å²) in [6, 6.07) is 11.2. The number of phenolic OH excluding ortho intramolecular Hbond substituents is 1. The van der Waals surface area contributed by atoms with E-state index in [9.17, 15) is 18.5 Å². The number of non-ortho nitro benzene ring substituents is 1. The summed E-state index contributed by atoms with van der Waals surface area (Å²) in [5.74, 6) is -0.0887. The monoisotopic (exact) mass is 339 g/mol. The summed E-state index contributed by atoms with van der Waals surface area (Å²) in [6.45, 7) is 1.84. The zero-order chi connectivity index (χ0) is 18.0. The van der Waals surface area contributed by atoms with Crippen molar-refractivity contribution in [3.05, 3.63) is 64.2 Å². The van der Waals surface area contributed by atoms with Crippen molar-refractivity contribution in [3.63, 3.8) is 0 Å². The molecule has 0 aliphatic carbocycles. The van der Waals surface area contributed by atoms with Crippen LogP contribution in [0.1, 0.15) is 5.56 Å². The lowest BCUT2D eigenvalue weighted by Crippen LogP contribution is -1.96. The summed E-state index contributed by atoms with van der Waals surface area (Å²) in [6.07, 6.45) is 0. The molecule has 0 radical (unpaired) electrons. The Labute approximate surface area is 132 Å².